The van der Waals surface area contributed by atoms with Crippen LogP contribution in [0, 0.1) is 0 Å². The van der Waals surface area contributed by atoms with Crippen molar-refractivity contribution in [3.8, 4) is 0 Å². The van der Waals surface area contributed by atoms with Crippen LogP contribution in [0.4, 0.5) is 0 Å². The second-order valence-electron chi connectivity index (χ2n) is 4.75. The highest BCUT2D eigenvalue weighted by molar-refractivity contribution is 5.75. The van der Waals surface area contributed by atoms with Crippen LogP contribution in [-0.4, -0.2) is 61.6 Å². The normalized spacial score (nSPS) is 20.9. The smallest absolute Gasteiger partial charge is 0.323 e. The van der Waals surface area contributed by atoms with Crippen LogP contribution in [0.1, 0.15) is 33.1 Å². The highest BCUT2D eigenvalue weighted by Crippen LogP contribution is 2.12. The van der Waals surface area contributed by atoms with Gasteiger partial charge in [0.05, 0.1) is 6.61 Å². The zero-order valence-corrected chi connectivity index (χ0v) is 11.4. The van der Waals surface area contributed by atoms with Crippen molar-refractivity contribution in [2.24, 2.45) is 0 Å². The van der Waals surface area contributed by atoms with Crippen molar-refractivity contribution in [3.05, 3.63) is 0 Å². The molecule has 1 rings (SSSR count). The van der Waals surface area contributed by atoms with Gasteiger partial charge in [-0.2, -0.15) is 0 Å². The van der Waals surface area contributed by atoms with E-state index in [1.54, 1.807) is 0 Å². The van der Waals surface area contributed by atoms with Crippen LogP contribution in [0.5, 0.6) is 0 Å². The molecule has 0 bridgehead atoms. The van der Waals surface area contributed by atoms with Crippen molar-refractivity contribution in [1.82, 2.24) is 9.80 Å². The fourth-order valence-electron chi connectivity index (χ4n) is 2.34. The van der Waals surface area contributed by atoms with Gasteiger partial charge >= 0.3 is 5.97 Å². The van der Waals surface area contributed by atoms with Gasteiger partial charge in [-0.05, 0) is 33.4 Å². The fraction of sp³-hybridized carbons (Fsp3) is 0.923. The molecule has 0 aliphatic carbocycles. The van der Waals surface area contributed by atoms with Crippen LogP contribution in [0.25, 0.3) is 0 Å². The molecule has 1 fully saturated rings. The average Bonchev–Trinajstić information content (AvgIpc) is 2.51. The number of nitrogens with zero attached hydrogens (tertiary/aromatic N) is 2. The Morgan fingerprint density at radius 3 is 2.65 bits per heavy atom. The molecule has 0 aromatic rings. The molecule has 100 valence electrons. The molecule has 0 spiro atoms. The largest absolute Gasteiger partial charge is 0.465 e. The molecule has 1 heterocycles. The molecular formula is C13H26N2O2. The Labute approximate surface area is 105 Å². The van der Waals surface area contributed by atoms with Crippen LogP contribution in [-0.2, 0) is 9.53 Å². The molecule has 0 radical (unpaired) electrons. The summed E-state index contributed by atoms with van der Waals surface area (Å²) in [5.74, 6) is -0.0427. The van der Waals surface area contributed by atoms with E-state index in [4.69, 9.17) is 4.74 Å². The molecule has 1 unspecified atom stereocenters. The highest BCUT2D eigenvalue weighted by Gasteiger charge is 2.27. The molecule has 4 heteroatoms. The minimum absolute atomic E-state index is 0.0357. The monoisotopic (exact) mass is 242 g/mol. The van der Waals surface area contributed by atoms with Gasteiger partial charge in [-0.15, -0.1) is 0 Å². The number of carbonyl (C=O) groups excluding carboxylic acids is 1. The van der Waals surface area contributed by atoms with Gasteiger partial charge in [-0.3, -0.25) is 9.69 Å². The molecule has 1 aliphatic heterocycles. The van der Waals surface area contributed by atoms with Crippen molar-refractivity contribution < 1.29 is 9.53 Å². The number of esters is 1. The first-order chi connectivity index (χ1) is 8.19. The first kappa shape index (κ1) is 14.5. The topological polar surface area (TPSA) is 32.8 Å². The van der Waals surface area contributed by atoms with E-state index in [-0.39, 0.29) is 12.0 Å². The number of hydrogen-bond donors (Lipinski definition) is 0. The molecule has 1 saturated heterocycles. The number of likely N-dealkylation sites (N-methyl/N-ethyl adjacent to an activating group) is 1. The van der Waals surface area contributed by atoms with Gasteiger partial charge in [-0.25, -0.2) is 0 Å². The summed E-state index contributed by atoms with van der Waals surface area (Å²) in [5, 5.41) is 0. The Morgan fingerprint density at radius 1 is 1.24 bits per heavy atom. The van der Waals surface area contributed by atoms with E-state index in [1.165, 1.54) is 0 Å². The highest BCUT2D eigenvalue weighted by atomic mass is 16.5. The molecule has 0 N–H and O–H groups in total. The van der Waals surface area contributed by atoms with Crippen molar-refractivity contribution in [2.75, 3.05) is 39.8 Å². The van der Waals surface area contributed by atoms with Crippen LogP contribution >= 0.6 is 0 Å². The standard InChI is InChI=1S/C13H26N2O2/c1-4-7-12(13(16)17-5-2)15-9-6-8-14(3)10-11-15/h12H,4-11H2,1-3H3. The Kier molecular flexibility index (Phi) is 6.52. The van der Waals surface area contributed by atoms with Crippen molar-refractivity contribution in [2.45, 2.75) is 39.2 Å². The van der Waals surface area contributed by atoms with Crippen LogP contribution in [0.15, 0.2) is 0 Å². The van der Waals surface area contributed by atoms with Crippen molar-refractivity contribution >= 4 is 5.97 Å². The second-order valence-corrected chi connectivity index (χ2v) is 4.75. The minimum atomic E-state index is -0.0427. The first-order valence-corrected chi connectivity index (χ1v) is 6.78. The predicted octanol–water partition coefficient (Wildman–Crippen LogP) is 1.36. The van der Waals surface area contributed by atoms with Gasteiger partial charge in [0.1, 0.15) is 6.04 Å². The quantitative estimate of drug-likeness (QED) is 0.681. The summed E-state index contributed by atoms with van der Waals surface area (Å²) in [7, 11) is 2.14. The maximum Gasteiger partial charge on any atom is 0.323 e. The first-order valence-electron chi connectivity index (χ1n) is 6.78. The lowest BCUT2D eigenvalue weighted by Crippen LogP contribution is -2.44. The molecule has 17 heavy (non-hydrogen) atoms. The number of ether oxygens (including phenoxy) is 1. The van der Waals surface area contributed by atoms with Crippen LogP contribution in [0.3, 0.4) is 0 Å². The summed E-state index contributed by atoms with van der Waals surface area (Å²) < 4.78 is 5.18. The van der Waals surface area contributed by atoms with Crippen molar-refractivity contribution in [1.29, 1.82) is 0 Å². The van der Waals surface area contributed by atoms with Gasteiger partial charge in [-0.1, -0.05) is 13.3 Å². The number of rotatable bonds is 5. The molecule has 1 aliphatic rings. The Morgan fingerprint density at radius 2 is 2.00 bits per heavy atom. The Bertz CT molecular complexity index is 233. The Balaban J connectivity index is 2.58. The lowest BCUT2D eigenvalue weighted by molar-refractivity contribution is -0.149. The maximum absolute atomic E-state index is 11.9. The summed E-state index contributed by atoms with van der Waals surface area (Å²) in [6.45, 7) is 8.62. The van der Waals surface area contributed by atoms with Gasteiger partial charge in [0.25, 0.3) is 0 Å². The third-order valence-electron chi connectivity index (χ3n) is 3.32. The lowest BCUT2D eigenvalue weighted by atomic mass is 10.1. The molecule has 0 amide bonds. The molecule has 0 aromatic carbocycles. The fourth-order valence-corrected chi connectivity index (χ4v) is 2.34. The third kappa shape index (κ3) is 4.64. The van der Waals surface area contributed by atoms with Gasteiger partial charge in [0.2, 0.25) is 0 Å². The molecule has 0 saturated carbocycles. The summed E-state index contributed by atoms with van der Waals surface area (Å²) in [6.07, 6.45) is 3.06. The van der Waals surface area contributed by atoms with E-state index in [1.807, 2.05) is 6.92 Å². The van der Waals surface area contributed by atoms with E-state index in [0.717, 1.165) is 45.4 Å². The SMILES string of the molecule is CCCC(C(=O)OCC)N1CCCN(C)CC1. The van der Waals surface area contributed by atoms with E-state index in [9.17, 15) is 4.79 Å². The lowest BCUT2D eigenvalue weighted by Gasteiger charge is -2.28. The zero-order chi connectivity index (χ0) is 12.7. The number of carbonyl (C=O) groups is 1. The van der Waals surface area contributed by atoms with Gasteiger partial charge in [0.15, 0.2) is 0 Å². The van der Waals surface area contributed by atoms with Gasteiger partial charge in [0, 0.05) is 19.6 Å². The number of hydrogen-bond acceptors (Lipinski definition) is 4. The molecule has 0 aromatic heterocycles. The van der Waals surface area contributed by atoms with E-state index >= 15 is 0 Å². The Hall–Kier alpha value is -0.610. The third-order valence-corrected chi connectivity index (χ3v) is 3.32. The summed E-state index contributed by atoms with van der Waals surface area (Å²) in [4.78, 5) is 16.6. The summed E-state index contributed by atoms with van der Waals surface area (Å²) in [6, 6.07) is -0.0357. The zero-order valence-electron chi connectivity index (χ0n) is 11.4. The van der Waals surface area contributed by atoms with E-state index < -0.39 is 0 Å². The van der Waals surface area contributed by atoms with E-state index in [2.05, 4.69) is 23.8 Å². The van der Waals surface area contributed by atoms with Crippen LogP contribution < -0.4 is 0 Å². The molecule has 4 nitrogen and oxygen atoms in total. The second kappa shape index (κ2) is 7.67. The van der Waals surface area contributed by atoms with Crippen molar-refractivity contribution in [3.63, 3.8) is 0 Å². The maximum atomic E-state index is 11.9. The predicted molar refractivity (Wildman–Crippen MR) is 69.0 cm³/mol. The van der Waals surface area contributed by atoms with Gasteiger partial charge < -0.3 is 9.64 Å². The summed E-state index contributed by atoms with van der Waals surface area (Å²) in [5.41, 5.74) is 0. The summed E-state index contributed by atoms with van der Waals surface area (Å²) >= 11 is 0. The minimum Gasteiger partial charge on any atom is -0.465 e. The molecule has 1 atom stereocenters. The average molecular weight is 242 g/mol. The van der Waals surface area contributed by atoms with Crippen LogP contribution in [0.2, 0.25) is 0 Å². The molecular weight excluding hydrogens is 216 g/mol. The van der Waals surface area contributed by atoms with E-state index in [0.29, 0.717) is 6.61 Å².